The molecule has 0 radical (unpaired) electrons. The van der Waals surface area contributed by atoms with Crippen LogP contribution in [0.5, 0.6) is 0 Å². The first-order valence-electron chi connectivity index (χ1n) is 6.64. The molecule has 0 aliphatic carbocycles. The molecular formula is C14H22FN3O. The molecule has 3 N–H and O–H groups in total. The zero-order valence-electron chi connectivity index (χ0n) is 11.6. The molecule has 0 aromatic heterocycles. The molecule has 1 amide bonds. The predicted octanol–water partition coefficient (Wildman–Crippen LogP) is 2.47. The zero-order valence-corrected chi connectivity index (χ0v) is 11.6. The molecule has 0 aliphatic heterocycles. The second-order valence-electron chi connectivity index (χ2n) is 4.50. The Morgan fingerprint density at radius 1 is 1.42 bits per heavy atom. The first-order chi connectivity index (χ1) is 9.06. The second-order valence-corrected chi connectivity index (χ2v) is 4.50. The molecule has 0 spiro atoms. The molecule has 0 saturated heterocycles. The fourth-order valence-corrected chi connectivity index (χ4v) is 1.76. The van der Waals surface area contributed by atoms with E-state index in [0.717, 1.165) is 25.9 Å². The van der Waals surface area contributed by atoms with E-state index >= 15 is 0 Å². The van der Waals surface area contributed by atoms with Gasteiger partial charge in [0.05, 0.1) is 17.9 Å². The van der Waals surface area contributed by atoms with Crippen LogP contribution in [0.15, 0.2) is 18.2 Å². The molecule has 1 aromatic rings. The fraction of sp³-hybridized carbons (Fsp3) is 0.500. The molecule has 5 heteroatoms. The maximum Gasteiger partial charge on any atom is 0.238 e. The highest BCUT2D eigenvalue weighted by atomic mass is 19.1. The molecule has 19 heavy (non-hydrogen) atoms. The van der Waals surface area contributed by atoms with Gasteiger partial charge in [0, 0.05) is 0 Å². The van der Waals surface area contributed by atoms with Crippen LogP contribution in [-0.2, 0) is 4.79 Å². The van der Waals surface area contributed by atoms with E-state index in [0.29, 0.717) is 17.9 Å². The van der Waals surface area contributed by atoms with Crippen LogP contribution in [-0.4, -0.2) is 30.4 Å². The standard InChI is InChI=1S/C14H22FN3O/c1-3-5-8-18(4-2)10-14(19)17-13-9-11(15)6-7-12(13)16/h6-7,9H,3-5,8,10,16H2,1-2H3,(H,17,19). The number of likely N-dealkylation sites (N-methyl/N-ethyl adjacent to an activating group) is 1. The molecule has 1 rings (SSSR count). The lowest BCUT2D eigenvalue weighted by Gasteiger charge is -2.19. The smallest absolute Gasteiger partial charge is 0.238 e. The van der Waals surface area contributed by atoms with Gasteiger partial charge in [-0.15, -0.1) is 0 Å². The number of nitrogens with one attached hydrogen (secondary N) is 1. The van der Waals surface area contributed by atoms with Crippen LogP contribution in [0.4, 0.5) is 15.8 Å². The summed E-state index contributed by atoms with van der Waals surface area (Å²) < 4.78 is 13.1. The molecule has 0 fully saturated rings. The third-order valence-corrected chi connectivity index (χ3v) is 2.93. The normalized spacial score (nSPS) is 10.7. The van der Waals surface area contributed by atoms with Gasteiger partial charge in [0.1, 0.15) is 5.82 Å². The van der Waals surface area contributed by atoms with Gasteiger partial charge in [-0.3, -0.25) is 9.69 Å². The molecular weight excluding hydrogens is 245 g/mol. The summed E-state index contributed by atoms with van der Waals surface area (Å²) in [6.45, 7) is 6.12. The van der Waals surface area contributed by atoms with Crippen molar-refractivity contribution >= 4 is 17.3 Å². The Labute approximate surface area is 113 Å². The number of nitrogen functional groups attached to an aromatic ring is 1. The van der Waals surface area contributed by atoms with Crippen LogP contribution in [0.2, 0.25) is 0 Å². The SMILES string of the molecule is CCCCN(CC)CC(=O)Nc1cc(F)ccc1N. The van der Waals surface area contributed by atoms with Gasteiger partial charge in [-0.05, 0) is 37.7 Å². The van der Waals surface area contributed by atoms with Gasteiger partial charge in [0.25, 0.3) is 0 Å². The number of unbranched alkanes of at least 4 members (excludes halogenated alkanes) is 1. The van der Waals surface area contributed by atoms with Crippen molar-refractivity contribution in [3.8, 4) is 0 Å². The van der Waals surface area contributed by atoms with Crippen LogP contribution in [0.3, 0.4) is 0 Å². The summed E-state index contributed by atoms with van der Waals surface area (Å²) in [5.41, 5.74) is 6.38. The van der Waals surface area contributed by atoms with Gasteiger partial charge < -0.3 is 11.1 Å². The van der Waals surface area contributed by atoms with E-state index in [2.05, 4.69) is 12.2 Å². The van der Waals surface area contributed by atoms with E-state index in [1.54, 1.807) is 0 Å². The topological polar surface area (TPSA) is 58.4 Å². The Bertz CT molecular complexity index is 423. The van der Waals surface area contributed by atoms with Crippen LogP contribution >= 0.6 is 0 Å². The minimum absolute atomic E-state index is 0.171. The van der Waals surface area contributed by atoms with Gasteiger partial charge >= 0.3 is 0 Å². The number of halogens is 1. The maximum absolute atomic E-state index is 13.1. The lowest BCUT2D eigenvalue weighted by Crippen LogP contribution is -2.34. The van der Waals surface area contributed by atoms with E-state index in [1.807, 2.05) is 11.8 Å². The number of nitrogens with two attached hydrogens (primary N) is 1. The van der Waals surface area contributed by atoms with Crippen molar-refractivity contribution in [1.82, 2.24) is 4.90 Å². The molecule has 0 bridgehead atoms. The maximum atomic E-state index is 13.1. The van der Waals surface area contributed by atoms with Crippen molar-refractivity contribution in [1.29, 1.82) is 0 Å². The summed E-state index contributed by atoms with van der Waals surface area (Å²) in [6, 6.07) is 3.94. The average Bonchev–Trinajstić information content (AvgIpc) is 2.38. The summed E-state index contributed by atoms with van der Waals surface area (Å²) in [6.07, 6.45) is 2.15. The Kier molecular flexibility index (Phi) is 6.29. The van der Waals surface area contributed by atoms with Crippen molar-refractivity contribution in [3.63, 3.8) is 0 Å². The molecule has 0 aliphatic rings. The number of rotatable bonds is 7. The van der Waals surface area contributed by atoms with Crippen LogP contribution in [0.1, 0.15) is 26.7 Å². The van der Waals surface area contributed by atoms with Gasteiger partial charge in [0.2, 0.25) is 5.91 Å². The number of anilines is 2. The minimum atomic E-state index is -0.414. The summed E-state index contributed by atoms with van der Waals surface area (Å²) in [4.78, 5) is 13.9. The van der Waals surface area contributed by atoms with Crippen molar-refractivity contribution in [2.24, 2.45) is 0 Å². The third kappa shape index (κ3) is 5.26. The molecule has 0 heterocycles. The summed E-state index contributed by atoms with van der Waals surface area (Å²) in [7, 11) is 0. The first-order valence-corrected chi connectivity index (χ1v) is 6.64. The number of amides is 1. The quantitative estimate of drug-likeness (QED) is 0.746. The van der Waals surface area contributed by atoms with Crippen LogP contribution < -0.4 is 11.1 Å². The highest BCUT2D eigenvalue weighted by Gasteiger charge is 2.10. The zero-order chi connectivity index (χ0) is 14.3. The number of hydrogen-bond donors (Lipinski definition) is 2. The monoisotopic (exact) mass is 267 g/mol. The fourth-order valence-electron chi connectivity index (χ4n) is 1.76. The van der Waals surface area contributed by atoms with E-state index in [-0.39, 0.29) is 5.91 Å². The lowest BCUT2D eigenvalue weighted by molar-refractivity contribution is -0.117. The van der Waals surface area contributed by atoms with Crippen molar-refractivity contribution in [3.05, 3.63) is 24.0 Å². The molecule has 0 atom stereocenters. The highest BCUT2D eigenvalue weighted by molar-refractivity contribution is 5.95. The van der Waals surface area contributed by atoms with E-state index in [9.17, 15) is 9.18 Å². The van der Waals surface area contributed by atoms with Gasteiger partial charge in [-0.1, -0.05) is 20.3 Å². The van der Waals surface area contributed by atoms with Crippen LogP contribution in [0.25, 0.3) is 0 Å². The summed E-state index contributed by atoms with van der Waals surface area (Å²) in [5.74, 6) is -0.585. The Balaban J connectivity index is 2.56. The van der Waals surface area contributed by atoms with Crippen molar-refractivity contribution in [2.75, 3.05) is 30.7 Å². The van der Waals surface area contributed by atoms with Crippen LogP contribution in [0, 0.1) is 5.82 Å². The lowest BCUT2D eigenvalue weighted by atomic mass is 10.2. The largest absolute Gasteiger partial charge is 0.397 e. The number of carbonyl (C=O) groups is 1. The number of hydrogen-bond acceptors (Lipinski definition) is 3. The molecule has 4 nitrogen and oxygen atoms in total. The second kappa shape index (κ2) is 7.74. The van der Waals surface area contributed by atoms with Gasteiger partial charge in [-0.25, -0.2) is 4.39 Å². The molecule has 106 valence electrons. The van der Waals surface area contributed by atoms with E-state index in [4.69, 9.17) is 5.73 Å². The Hall–Kier alpha value is -1.62. The highest BCUT2D eigenvalue weighted by Crippen LogP contribution is 2.19. The van der Waals surface area contributed by atoms with E-state index in [1.165, 1.54) is 18.2 Å². The molecule has 1 aromatic carbocycles. The van der Waals surface area contributed by atoms with E-state index < -0.39 is 5.82 Å². The summed E-state index contributed by atoms with van der Waals surface area (Å²) >= 11 is 0. The molecule has 0 saturated carbocycles. The predicted molar refractivity (Wildman–Crippen MR) is 76.5 cm³/mol. The number of carbonyl (C=O) groups excluding carboxylic acids is 1. The first kappa shape index (κ1) is 15.4. The van der Waals surface area contributed by atoms with Gasteiger partial charge in [-0.2, -0.15) is 0 Å². The molecule has 0 unspecified atom stereocenters. The Morgan fingerprint density at radius 3 is 2.79 bits per heavy atom. The number of nitrogens with zero attached hydrogens (tertiary/aromatic N) is 1. The minimum Gasteiger partial charge on any atom is -0.397 e. The third-order valence-electron chi connectivity index (χ3n) is 2.93. The Morgan fingerprint density at radius 2 is 2.16 bits per heavy atom. The number of benzene rings is 1. The summed E-state index contributed by atoms with van der Waals surface area (Å²) in [5, 5.41) is 2.65. The van der Waals surface area contributed by atoms with Crippen molar-refractivity contribution < 1.29 is 9.18 Å². The van der Waals surface area contributed by atoms with Crippen molar-refractivity contribution in [2.45, 2.75) is 26.7 Å². The van der Waals surface area contributed by atoms with Gasteiger partial charge in [0.15, 0.2) is 0 Å². The average molecular weight is 267 g/mol.